The lowest BCUT2D eigenvalue weighted by atomic mass is 9.92. The molecule has 2 aliphatic rings. The summed E-state index contributed by atoms with van der Waals surface area (Å²) >= 11 is 0. The number of rotatable bonds is 11. The molecule has 1 aliphatic heterocycles. The number of hydrogen-bond donors (Lipinski definition) is 4. The Morgan fingerprint density at radius 3 is 2.34 bits per heavy atom. The molecule has 0 radical (unpaired) electrons. The first-order valence-corrected chi connectivity index (χ1v) is 15.6. The van der Waals surface area contributed by atoms with E-state index < -0.39 is 30.2 Å². The number of fused-ring (bicyclic) bond motifs is 1. The van der Waals surface area contributed by atoms with Crippen LogP contribution in [0.15, 0.2) is 84.9 Å². The number of para-hydroxylation sites is 1. The molecule has 3 aromatic carbocycles. The third-order valence-corrected chi connectivity index (χ3v) is 8.74. The number of carbonyl (C=O) groups excluding carboxylic acids is 2. The van der Waals surface area contributed by atoms with Gasteiger partial charge in [0.2, 0.25) is 11.8 Å². The maximum atomic E-state index is 13.6. The summed E-state index contributed by atoms with van der Waals surface area (Å²) in [6.45, 7) is 6.90. The van der Waals surface area contributed by atoms with Gasteiger partial charge < -0.3 is 25.6 Å². The fraction of sp³-hybridized carbons (Fsp3) is 0.444. The Hall–Kier alpha value is -3.72. The Kier molecular flexibility index (Phi) is 10.0. The fourth-order valence-corrected chi connectivity index (χ4v) is 6.51. The van der Waals surface area contributed by atoms with E-state index in [2.05, 4.69) is 36.3 Å². The van der Waals surface area contributed by atoms with Gasteiger partial charge in [-0.25, -0.2) is 0 Å². The van der Waals surface area contributed by atoms with Crippen molar-refractivity contribution in [3.8, 4) is 5.75 Å². The van der Waals surface area contributed by atoms with Crippen molar-refractivity contribution in [3.05, 3.63) is 102 Å². The zero-order valence-corrected chi connectivity index (χ0v) is 25.9. The molecule has 1 fully saturated rings. The van der Waals surface area contributed by atoms with Crippen LogP contribution in [0.4, 0.5) is 0 Å². The molecule has 8 heteroatoms. The second-order valence-electron chi connectivity index (χ2n) is 13.1. The summed E-state index contributed by atoms with van der Waals surface area (Å²) in [6, 6.07) is 26.2. The number of carbonyl (C=O) groups is 2. The second-order valence-corrected chi connectivity index (χ2v) is 13.1. The molecule has 6 atom stereocenters. The Morgan fingerprint density at radius 1 is 0.977 bits per heavy atom. The molecule has 4 N–H and O–H groups in total. The lowest BCUT2D eigenvalue weighted by Gasteiger charge is -2.36. The molecule has 0 saturated carbocycles. The third kappa shape index (κ3) is 7.86. The van der Waals surface area contributed by atoms with Crippen molar-refractivity contribution >= 4 is 11.8 Å². The first-order valence-electron chi connectivity index (χ1n) is 15.6. The van der Waals surface area contributed by atoms with Crippen LogP contribution in [0, 0.1) is 5.92 Å². The van der Waals surface area contributed by atoms with Gasteiger partial charge >= 0.3 is 0 Å². The van der Waals surface area contributed by atoms with Crippen LogP contribution >= 0.6 is 0 Å². The number of nitrogens with zero attached hydrogens (tertiary/aromatic N) is 1. The predicted molar refractivity (Wildman–Crippen MR) is 170 cm³/mol. The van der Waals surface area contributed by atoms with Crippen LogP contribution in [-0.2, 0) is 22.4 Å². The SMILES string of the molecule is CC(C)(C)N1C[C@@H](Oc2ccccc2)CC1C(=O)NC[C@@H](O)C[C@H](Cc1ccccc1)C(=O)N[C@H]1c2ccccc2C[C@H]1O. The van der Waals surface area contributed by atoms with Gasteiger partial charge in [-0.05, 0) is 62.4 Å². The van der Waals surface area contributed by atoms with E-state index >= 15 is 0 Å². The highest BCUT2D eigenvalue weighted by molar-refractivity contribution is 5.82. The summed E-state index contributed by atoms with van der Waals surface area (Å²) in [5, 5.41) is 27.8. The van der Waals surface area contributed by atoms with Crippen LogP contribution in [0.3, 0.4) is 0 Å². The van der Waals surface area contributed by atoms with E-state index in [1.54, 1.807) is 0 Å². The number of ether oxygens (including phenoxy) is 1. The maximum absolute atomic E-state index is 13.6. The van der Waals surface area contributed by atoms with Crippen molar-refractivity contribution in [3.63, 3.8) is 0 Å². The van der Waals surface area contributed by atoms with Crippen LogP contribution in [0.25, 0.3) is 0 Å². The van der Waals surface area contributed by atoms with Gasteiger partial charge in [0, 0.05) is 37.4 Å². The Labute approximate surface area is 260 Å². The minimum Gasteiger partial charge on any atom is -0.489 e. The number of hydrogen-bond acceptors (Lipinski definition) is 6. The number of benzene rings is 3. The van der Waals surface area contributed by atoms with Crippen LogP contribution in [0.2, 0.25) is 0 Å². The van der Waals surface area contributed by atoms with E-state index in [9.17, 15) is 19.8 Å². The van der Waals surface area contributed by atoms with Gasteiger partial charge in [0.25, 0.3) is 0 Å². The summed E-state index contributed by atoms with van der Waals surface area (Å²) in [6.07, 6.45) is -0.140. The third-order valence-electron chi connectivity index (χ3n) is 8.74. The van der Waals surface area contributed by atoms with E-state index in [1.165, 1.54) is 0 Å². The molecule has 0 spiro atoms. The van der Waals surface area contributed by atoms with Crippen molar-refractivity contribution in [1.82, 2.24) is 15.5 Å². The summed E-state index contributed by atoms with van der Waals surface area (Å²) in [5.74, 6) is -0.159. The van der Waals surface area contributed by atoms with Gasteiger partial charge in [0.1, 0.15) is 11.9 Å². The Morgan fingerprint density at radius 2 is 1.64 bits per heavy atom. The van der Waals surface area contributed by atoms with Gasteiger partial charge in [-0.2, -0.15) is 0 Å². The summed E-state index contributed by atoms with van der Waals surface area (Å²) in [5.41, 5.74) is 2.68. The Bertz CT molecular complexity index is 1390. The average molecular weight is 600 g/mol. The zero-order chi connectivity index (χ0) is 31.3. The van der Waals surface area contributed by atoms with Gasteiger partial charge in [-0.3, -0.25) is 14.5 Å². The molecule has 1 aliphatic carbocycles. The molecule has 2 amide bonds. The lowest BCUT2D eigenvalue weighted by Crippen LogP contribution is -2.52. The predicted octanol–water partition coefficient (Wildman–Crippen LogP) is 3.81. The average Bonchev–Trinajstić information content (AvgIpc) is 3.57. The second kappa shape index (κ2) is 13.9. The number of aliphatic hydroxyl groups excluding tert-OH is 2. The molecule has 8 nitrogen and oxygen atoms in total. The van der Waals surface area contributed by atoms with E-state index in [-0.39, 0.29) is 36.4 Å². The maximum Gasteiger partial charge on any atom is 0.237 e. The highest BCUT2D eigenvalue weighted by Gasteiger charge is 2.43. The van der Waals surface area contributed by atoms with Crippen molar-refractivity contribution in [2.75, 3.05) is 13.1 Å². The highest BCUT2D eigenvalue weighted by atomic mass is 16.5. The zero-order valence-electron chi connectivity index (χ0n) is 25.9. The molecular weight excluding hydrogens is 554 g/mol. The monoisotopic (exact) mass is 599 g/mol. The van der Waals surface area contributed by atoms with Crippen molar-refractivity contribution in [2.24, 2.45) is 5.92 Å². The number of amides is 2. The van der Waals surface area contributed by atoms with Crippen molar-refractivity contribution < 1.29 is 24.5 Å². The molecule has 5 rings (SSSR count). The van der Waals surface area contributed by atoms with E-state index in [1.807, 2.05) is 84.9 Å². The van der Waals surface area contributed by atoms with Crippen molar-refractivity contribution in [2.45, 2.75) is 82.4 Å². The number of likely N-dealkylation sites (tertiary alicyclic amines) is 1. The quantitative estimate of drug-likeness (QED) is 0.267. The molecule has 0 aromatic heterocycles. The topological polar surface area (TPSA) is 111 Å². The first kappa shape index (κ1) is 31.7. The molecule has 1 heterocycles. The normalized spacial score (nSPS) is 23.0. The minimum absolute atomic E-state index is 0.0327. The standard InChI is InChI=1S/C36H45N3O5/c1-36(2,3)39-23-29(44-28-15-8-5-9-16-28)21-31(39)35(43)37-22-27(40)19-26(18-24-12-6-4-7-13-24)34(42)38-33-30-17-11-10-14-25(30)20-32(33)41/h4-17,26-27,29,31-33,40-41H,18-23H2,1-3H3,(H,37,43)(H,38,42)/t26-,27-,29-,31?,32+,33-/m0/s1. The number of nitrogens with one attached hydrogen (secondary N) is 2. The largest absolute Gasteiger partial charge is 0.489 e. The van der Waals surface area contributed by atoms with Crippen LogP contribution in [0.1, 0.15) is 56.3 Å². The summed E-state index contributed by atoms with van der Waals surface area (Å²) in [7, 11) is 0. The smallest absolute Gasteiger partial charge is 0.237 e. The first-order chi connectivity index (χ1) is 21.1. The molecule has 234 valence electrons. The summed E-state index contributed by atoms with van der Waals surface area (Å²) in [4.78, 5) is 29.3. The van der Waals surface area contributed by atoms with Crippen LogP contribution in [0.5, 0.6) is 5.75 Å². The van der Waals surface area contributed by atoms with E-state index in [0.29, 0.717) is 25.8 Å². The van der Waals surface area contributed by atoms with Gasteiger partial charge in [0.15, 0.2) is 0 Å². The van der Waals surface area contributed by atoms with Gasteiger partial charge in [-0.15, -0.1) is 0 Å². The van der Waals surface area contributed by atoms with E-state index in [0.717, 1.165) is 22.4 Å². The Balaban J connectivity index is 1.22. The van der Waals surface area contributed by atoms with Gasteiger partial charge in [-0.1, -0.05) is 72.8 Å². The molecule has 3 aromatic rings. The molecule has 44 heavy (non-hydrogen) atoms. The lowest BCUT2D eigenvalue weighted by molar-refractivity contribution is -0.128. The highest BCUT2D eigenvalue weighted by Crippen LogP contribution is 2.32. The molecular formula is C36H45N3O5. The van der Waals surface area contributed by atoms with E-state index in [4.69, 9.17) is 4.74 Å². The summed E-state index contributed by atoms with van der Waals surface area (Å²) < 4.78 is 6.19. The van der Waals surface area contributed by atoms with Gasteiger partial charge in [0.05, 0.1) is 24.3 Å². The van der Waals surface area contributed by atoms with Crippen LogP contribution in [-0.4, -0.2) is 69.9 Å². The molecule has 1 saturated heterocycles. The number of aliphatic hydroxyl groups is 2. The fourth-order valence-electron chi connectivity index (χ4n) is 6.51. The van der Waals surface area contributed by atoms with Crippen molar-refractivity contribution in [1.29, 1.82) is 0 Å². The molecule has 1 unspecified atom stereocenters. The minimum atomic E-state index is -0.931. The molecule has 0 bridgehead atoms. The van der Waals surface area contributed by atoms with Crippen LogP contribution < -0.4 is 15.4 Å².